The zero-order valence-electron chi connectivity index (χ0n) is 12.7. The average Bonchev–Trinajstić information content (AvgIpc) is 2.48. The minimum absolute atomic E-state index is 0.0254. The minimum atomic E-state index is -0.131. The van der Waals surface area contributed by atoms with E-state index in [9.17, 15) is 9.59 Å². The molecule has 4 rings (SSSR count). The van der Waals surface area contributed by atoms with Gasteiger partial charge in [-0.1, -0.05) is 0 Å². The molecule has 21 heavy (non-hydrogen) atoms. The summed E-state index contributed by atoms with van der Waals surface area (Å²) < 4.78 is 0.0346. The summed E-state index contributed by atoms with van der Waals surface area (Å²) in [6, 6.07) is 0. The van der Waals surface area contributed by atoms with E-state index in [1.54, 1.807) is 0 Å². The Hall–Kier alpha value is -0.370. The van der Waals surface area contributed by atoms with Crippen molar-refractivity contribution in [2.75, 3.05) is 33.2 Å². The summed E-state index contributed by atoms with van der Waals surface area (Å²) in [6.45, 7) is 3.70. The van der Waals surface area contributed by atoms with Gasteiger partial charge >= 0.3 is 0 Å². The van der Waals surface area contributed by atoms with Gasteiger partial charge in [-0.05, 0) is 45.6 Å². The SMILES string of the molecule is CN1CCN(C(=O)C23CCC(NC(=O)I)(CC2)CC3)CC1. The Kier molecular flexibility index (Phi) is 4.20. The molecule has 118 valence electrons. The van der Waals surface area contributed by atoms with Crippen LogP contribution in [-0.2, 0) is 4.79 Å². The van der Waals surface area contributed by atoms with Gasteiger partial charge in [0.1, 0.15) is 0 Å². The molecule has 0 unspecified atom stereocenters. The molecule has 1 aliphatic heterocycles. The van der Waals surface area contributed by atoms with Gasteiger partial charge in [0.05, 0.1) is 0 Å². The zero-order chi connectivity index (χ0) is 15.1. The molecule has 0 atom stereocenters. The summed E-state index contributed by atoms with van der Waals surface area (Å²) in [7, 11) is 2.11. The number of nitrogens with one attached hydrogen (secondary N) is 1. The number of hydrogen-bond donors (Lipinski definition) is 1. The topological polar surface area (TPSA) is 52.6 Å². The van der Waals surface area contributed by atoms with Gasteiger partial charge in [-0.15, -0.1) is 0 Å². The Balaban J connectivity index is 1.65. The second kappa shape index (κ2) is 5.68. The molecule has 3 aliphatic carbocycles. The Morgan fingerprint density at radius 2 is 1.48 bits per heavy atom. The van der Waals surface area contributed by atoms with Crippen molar-refractivity contribution in [3.05, 3.63) is 0 Å². The number of carbonyl (C=O) groups excluding carboxylic acids is 2. The Labute approximate surface area is 139 Å². The lowest BCUT2D eigenvalue weighted by Crippen LogP contribution is -2.60. The fourth-order valence-corrected chi connectivity index (χ4v) is 4.82. The van der Waals surface area contributed by atoms with Crippen LogP contribution in [0.25, 0.3) is 0 Å². The molecule has 0 aromatic rings. The van der Waals surface area contributed by atoms with E-state index in [4.69, 9.17) is 0 Å². The molecule has 1 N–H and O–H groups in total. The van der Waals surface area contributed by atoms with Gasteiger partial charge in [0.2, 0.25) is 5.91 Å². The quantitative estimate of drug-likeness (QED) is 0.435. The van der Waals surface area contributed by atoms with E-state index in [2.05, 4.69) is 22.2 Å². The van der Waals surface area contributed by atoms with Crippen LogP contribution in [0, 0.1) is 5.41 Å². The number of carbonyl (C=O) groups is 2. The Morgan fingerprint density at radius 3 is 1.95 bits per heavy atom. The summed E-state index contributed by atoms with van der Waals surface area (Å²) in [6.07, 6.45) is 5.70. The predicted molar refractivity (Wildman–Crippen MR) is 89.5 cm³/mol. The summed E-state index contributed by atoms with van der Waals surface area (Å²) in [5.74, 6) is 0.379. The molecule has 1 saturated heterocycles. The molecule has 0 spiro atoms. The van der Waals surface area contributed by atoms with Crippen LogP contribution in [0.3, 0.4) is 0 Å². The van der Waals surface area contributed by atoms with E-state index in [1.165, 1.54) is 0 Å². The molecular weight excluding hydrogens is 381 g/mol. The lowest BCUT2D eigenvalue weighted by atomic mass is 9.56. The third-order valence-corrected chi connectivity index (χ3v) is 6.12. The normalized spacial score (nSPS) is 36.6. The monoisotopic (exact) mass is 405 g/mol. The third kappa shape index (κ3) is 2.93. The van der Waals surface area contributed by atoms with Crippen LogP contribution in [0.1, 0.15) is 38.5 Å². The van der Waals surface area contributed by atoms with E-state index >= 15 is 0 Å². The van der Waals surface area contributed by atoms with Crippen LogP contribution in [-0.4, -0.2) is 58.4 Å². The first-order chi connectivity index (χ1) is 9.95. The van der Waals surface area contributed by atoms with Crippen LogP contribution < -0.4 is 5.32 Å². The maximum Gasteiger partial charge on any atom is 0.281 e. The van der Waals surface area contributed by atoms with Crippen molar-refractivity contribution < 1.29 is 9.59 Å². The van der Waals surface area contributed by atoms with Crippen molar-refractivity contribution in [1.82, 2.24) is 15.1 Å². The van der Waals surface area contributed by atoms with Crippen LogP contribution in [0.2, 0.25) is 0 Å². The largest absolute Gasteiger partial charge is 0.342 e. The van der Waals surface area contributed by atoms with Gasteiger partial charge in [0.25, 0.3) is 3.91 Å². The number of hydrogen-bond acceptors (Lipinski definition) is 3. The first-order valence-corrected chi connectivity index (χ1v) is 8.98. The average molecular weight is 405 g/mol. The lowest BCUT2D eigenvalue weighted by molar-refractivity contribution is -0.151. The molecule has 2 bridgehead atoms. The van der Waals surface area contributed by atoms with Crippen molar-refractivity contribution in [2.24, 2.45) is 5.41 Å². The molecule has 4 fully saturated rings. The molecule has 4 aliphatic rings. The number of rotatable bonds is 2. The number of fused-ring (bicyclic) bond motifs is 3. The Morgan fingerprint density at radius 1 is 0.952 bits per heavy atom. The smallest absolute Gasteiger partial charge is 0.281 e. The summed E-state index contributed by atoms with van der Waals surface area (Å²) in [4.78, 5) is 28.7. The third-order valence-electron chi connectivity index (χ3n) is 5.85. The fourth-order valence-electron chi connectivity index (χ4n) is 4.25. The maximum absolute atomic E-state index is 13.0. The number of halogens is 1. The van der Waals surface area contributed by atoms with Crippen molar-refractivity contribution in [3.8, 4) is 0 Å². The lowest BCUT2D eigenvalue weighted by Gasteiger charge is -2.54. The fraction of sp³-hybridized carbons (Fsp3) is 0.867. The molecule has 5 nitrogen and oxygen atoms in total. The van der Waals surface area contributed by atoms with Gasteiger partial charge in [0, 0.05) is 59.7 Å². The highest BCUT2D eigenvalue weighted by molar-refractivity contribution is 14.1. The van der Waals surface area contributed by atoms with Crippen molar-refractivity contribution in [2.45, 2.75) is 44.1 Å². The van der Waals surface area contributed by atoms with Gasteiger partial charge < -0.3 is 15.1 Å². The van der Waals surface area contributed by atoms with Crippen LogP contribution in [0.15, 0.2) is 0 Å². The van der Waals surface area contributed by atoms with E-state index < -0.39 is 0 Å². The summed E-state index contributed by atoms with van der Waals surface area (Å²) in [5.41, 5.74) is -0.157. The van der Waals surface area contributed by atoms with Gasteiger partial charge in [-0.2, -0.15) is 0 Å². The molecule has 0 aromatic heterocycles. The van der Waals surface area contributed by atoms with E-state index in [-0.39, 0.29) is 14.9 Å². The molecule has 1 heterocycles. The summed E-state index contributed by atoms with van der Waals surface area (Å²) in [5, 5.41) is 3.14. The number of piperazine rings is 1. The van der Waals surface area contributed by atoms with Crippen LogP contribution >= 0.6 is 22.6 Å². The molecule has 6 heteroatoms. The second-order valence-corrected chi connectivity index (χ2v) is 8.03. The predicted octanol–water partition coefficient (Wildman–Crippen LogP) is 2.00. The minimum Gasteiger partial charge on any atom is -0.342 e. The molecule has 0 radical (unpaired) electrons. The highest BCUT2D eigenvalue weighted by Crippen LogP contribution is 2.53. The standard InChI is InChI=1S/C15H24IN3O2/c1-18-8-10-19(11-9-18)12(20)14-2-5-15(6-3-14,7-4-14)17-13(16)21/h2-11H2,1H3,(H,17,21). The van der Waals surface area contributed by atoms with E-state index in [1.807, 2.05) is 22.6 Å². The van der Waals surface area contributed by atoms with Crippen LogP contribution in [0.5, 0.6) is 0 Å². The van der Waals surface area contributed by atoms with Crippen LogP contribution in [0.4, 0.5) is 4.79 Å². The van der Waals surface area contributed by atoms with E-state index in [0.717, 1.165) is 64.7 Å². The maximum atomic E-state index is 13.0. The van der Waals surface area contributed by atoms with Gasteiger partial charge in [-0.3, -0.25) is 9.59 Å². The Bertz CT molecular complexity index is 422. The molecule has 2 amide bonds. The van der Waals surface area contributed by atoms with Gasteiger partial charge in [-0.25, -0.2) is 0 Å². The molecule has 3 saturated carbocycles. The van der Waals surface area contributed by atoms with Crippen molar-refractivity contribution in [1.29, 1.82) is 0 Å². The first kappa shape index (κ1) is 15.5. The highest BCUT2D eigenvalue weighted by Gasteiger charge is 2.53. The second-order valence-electron chi connectivity index (χ2n) is 7.05. The zero-order valence-corrected chi connectivity index (χ0v) is 14.8. The number of amides is 2. The molecule has 0 aromatic carbocycles. The molecular formula is C15H24IN3O2. The van der Waals surface area contributed by atoms with Gasteiger partial charge in [0.15, 0.2) is 0 Å². The summed E-state index contributed by atoms with van der Waals surface area (Å²) >= 11 is 1.82. The first-order valence-electron chi connectivity index (χ1n) is 7.90. The highest BCUT2D eigenvalue weighted by atomic mass is 127. The number of likely N-dealkylation sites (N-methyl/N-ethyl adjacent to an activating group) is 1. The van der Waals surface area contributed by atoms with Crippen molar-refractivity contribution >= 4 is 32.4 Å². The van der Waals surface area contributed by atoms with Crippen molar-refractivity contribution in [3.63, 3.8) is 0 Å². The number of nitrogens with zero attached hydrogens (tertiary/aromatic N) is 2. The van der Waals surface area contributed by atoms with E-state index in [0.29, 0.717) is 5.91 Å².